The molecule has 3 nitrogen and oxygen atoms in total. The minimum absolute atomic E-state index is 0.613. The fourth-order valence-electron chi connectivity index (χ4n) is 1.75. The zero-order valence-corrected chi connectivity index (χ0v) is 9.35. The second kappa shape index (κ2) is 4.94. The molecule has 84 valence electrons. The fourth-order valence-corrected chi connectivity index (χ4v) is 1.75. The van der Waals surface area contributed by atoms with Crippen LogP contribution in [0.1, 0.15) is 36.3 Å². The third kappa shape index (κ3) is 2.31. The van der Waals surface area contributed by atoms with Crippen LogP contribution in [0.2, 0.25) is 0 Å². The van der Waals surface area contributed by atoms with Crippen LogP contribution in [-0.4, -0.2) is 15.3 Å². The van der Waals surface area contributed by atoms with Crippen molar-refractivity contribution in [3.63, 3.8) is 0 Å². The van der Waals surface area contributed by atoms with E-state index < -0.39 is 6.10 Å². The summed E-state index contributed by atoms with van der Waals surface area (Å²) in [6.45, 7) is 2.16. The molecular formula is C13H16N2O. The Kier molecular flexibility index (Phi) is 3.37. The SMILES string of the molecule is CCCc1ccc(C(O)c2ccn[nH]2)cc1. The van der Waals surface area contributed by atoms with Crippen molar-refractivity contribution >= 4 is 0 Å². The van der Waals surface area contributed by atoms with Crippen LogP contribution in [0, 0.1) is 0 Å². The van der Waals surface area contributed by atoms with Crippen molar-refractivity contribution in [2.24, 2.45) is 0 Å². The number of aliphatic hydroxyl groups excluding tert-OH is 1. The molecular weight excluding hydrogens is 200 g/mol. The molecule has 1 heterocycles. The normalized spacial score (nSPS) is 12.6. The average molecular weight is 216 g/mol. The van der Waals surface area contributed by atoms with Crippen LogP contribution in [0.5, 0.6) is 0 Å². The van der Waals surface area contributed by atoms with Crippen LogP contribution in [0.4, 0.5) is 0 Å². The number of nitrogens with one attached hydrogen (secondary N) is 1. The Morgan fingerprint density at radius 2 is 2.00 bits per heavy atom. The highest BCUT2D eigenvalue weighted by Crippen LogP contribution is 2.20. The van der Waals surface area contributed by atoms with Gasteiger partial charge in [-0.25, -0.2) is 0 Å². The zero-order valence-electron chi connectivity index (χ0n) is 9.35. The van der Waals surface area contributed by atoms with E-state index in [-0.39, 0.29) is 0 Å². The van der Waals surface area contributed by atoms with Gasteiger partial charge in [0.1, 0.15) is 6.10 Å². The second-order valence-electron chi connectivity index (χ2n) is 3.91. The molecule has 0 radical (unpaired) electrons. The Morgan fingerprint density at radius 3 is 2.56 bits per heavy atom. The van der Waals surface area contributed by atoms with Gasteiger partial charge in [0.05, 0.1) is 5.69 Å². The molecule has 1 aromatic heterocycles. The van der Waals surface area contributed by atoms with E-state index in [0.29, 0.717) is 0 Å². The van der Waals surface area contributed by atoms with Gasteiger partial charge in [0, 0.05) is 6.20 Å². The molecule has 2 N–H and O–H groups in total. The summed E-state index contributed by atoms with van der Waals surface area (Å²) in [6.07, 6.45) is 3.26. The Morgan fingerprint density at radius 1 is 1.25 bits per heavy atom. The summed E-state index contributed by atoms with van der Waals surface area (Å²) in [7, 11) is 0. The van der Waals surface area contributed by atoms with Crippen molar-refractivity contribution in [3.05, 3.63) is 53.3 Å². The number of H-pyrrole nitrogens is 1. The Balaban J connectivity index is 2.15. The van der Waals surface area contributed by atoms with E-state index >= 15 is 0 Å². The summed E-state index contributed by atoms with van der Waals surface area (Å²) in [5.41, 5.74) is 2.93. The van der Waals surface area contributed by atoms with Crippen molar-refractivity contribution in [1.82, 2.24) is 10.2 Å². The molecule has 0 saturated heterocycles. The first kappa shape index (κ1) is 10.9. The van der Waals surface area contributed by atoms with Crippen molar-refractivity contribution in [2.45, 2.75) is 25.9 Å². The Bertz CT molecular complexity index is 420. The minimum Gasteiger partial charge on any atom is -0.382 e. The van der Waals surface area contributed by atoms with Crippen LogP contribution in [-0.2, 0) is 6.42 Å². The van der Waals surface area contributed by atoms with Crippen LogP contribution >= 0.6 is 0 Å². The summed E-state index contributed by atoms with van der Waals surface area (Å²) in [6, 6.07) is 9.86. The largest absolute Gasteiger partial charge is 0.382 e. The van der Waals surface area contributed by atoms with Crippen LogP contribution in [0.15, 0.2) is 36.5 Å². The quantitative estimate of drug-likeness (QED) is 0.824. The number of aryl methyl sites for hydroxylation is 1. The first-order chi connectivity index (χ1) is 7.81. The van der Waals surface area contributed by atoms with Crippen molar-refractivity contribution < 1.29 is 5.11 Å². The monoisotopic (exact) mass is 216 g/mol. The lowest BCUT2D eigenvalue weighted by atomic mass is 10.0. The summed E-state index contributed by atoms with van der Waals surface area (Å²) >= 11 is 0. The molecule has 0 aliphatic heterocycles. The van der Waals surface area contributed by atoms with Crippen molar-refractivity contribution in [3.8, 4) is 0 Å². The van der Waals surface area contributed by atoms with E-state index in [2.05, 4.69) is 29.3 Å². The molecule has 0 aliphatic rings. The van der Waals surface area contributed by atoms with Gasteiger partial charge in [-0.15, -0.1) is 0 Å². The molecule has 2 rings (SSSR count). The number of rotatable bonds is 4. The van der Waals surface area contributed by atoms with Crippen molar-refractivity contribution in [1.29, 1.82) is 0 Å². The zero-order chi connectivity index (χ0) is 11.4. The fraction of sp³-hybridized carbons (Fsp3) is 0.308. The highest BCUT2D eigenvalue weighted by Gasteiger charge is 2.10. The number of hydrogen-bond acceptors (Lipinski definition) is 2. The van der Waals surface area contributed by atoms with Gasteiger partial charge < -0.3 is 5.11 Å². The van der Waals surface area contributed by atoms with E-state index in [1.807, 2.05) is 12.1 Å². The maximum Gasteiger partial charge on any atom is 0.120 e. The van der Waals surface area contributed by atoms with Gasteiger partial charge in [0.2, 0.25) is 0 Å². The molecule has 0 bridgehead atoms. The van der Waals surface area contributed by atoms with E-state index in [0.717, 1.165) is 24.1 Å². The molecule has 16 heavy (non-hydrogen) atoms. The van der Waals surface area contributed by atoms with Crippen LogP contribution in [0.3, 0.4) is 0 Å². The number of benzene rings is 1. The summed E-state index contributed by atoms with van der Waals surface area (Å²) < 4.78 is 0. The summed E-state index contributed by atoms with van der Waals surface area (Å²) in [5, 5.41) is 16.6. The molecule has 0 amide bonds. The molecule has 0 fully saturated rings. The molecule has 0 aliphatic carbocycles. The molecule has 0 saturated carbocycles. The van der Waals surface area contributed by atoms with Gasteiger partial charge >= 0.3 is 0 Å². The maximum atomic E-state index is 10.0. The highest BCUT2D eigenvalue weighted by atomic mass is 16.3. The van der Waals surface area contributed by atoms with Crippen LogP contribution < -0.4 is 0 Å². The van der Waals surface area contributed by atoms with Crippen molar-refractivity contribution in [2.75, 3.05) is 0 Å². The number of hydrogen-bond donors (Lipinski definition) is 2. The van der Waals surface area contributed by atoms with E-state index in [1.54, 1.807) is 12.3 Å². The standard InChI is InChI=1S/C13H16N2O/c1-2-3-10-4-6-11(7-5-10)13(16)12-8-9-14-15-12/h4-9,13,16H,2-3H2,1H3,(H,14,15). The predicted octanol–water partition coefficient (Wildman–Crippen LogP) is 2.44. The smallest absolute Gasteiger partial charge is 0.120 e. The second-order valence-corrected chi connectivity index (χ2v) is 3.91. The number of aromatic nitrogens is 2. The Hall–Kier alpha value is -1.61. The highest BCUT2D eigenvalue weighted by molar-refractivity contribution is 5.28. The number of aliphatic hydroxyl groups is 1. The molecule has 1 aromatic carbocycles. The number of aromatic amines is 1. The number of nitrogens with zero attached hydrogens (tertiary/aromatic N) is 1. The molecule has 3 heteroatoms. The molecule has 2 aromatic rings. The predicted molar refractivity (Wildman–Crippen MR) is 63.1 cm³/mol. The third-order valence-electron chi connectivity index (χ3n) is 2.65. The first-order valence-corrected chi connectivity index (χ1v) is 5.57. The lowest BCUT2D eigenvalue weighted by Crippen LogP contribution is -2.00. The first-order valence-electron chi connectivity index (χ1n) is 5.57. The lowest BCUT2D eigenvalue weighted by Gasteiger charge is -2.09. The summed E-state index contributed by atoms with van der Waals surface area (Å²) in [5.74, 6) is 0. The lowest BCUT2D eigenvalue weighted by molar-refractivity contribution is 0.215. The average Bonchev–Trinajstić information content (AvgIpc) is 2.83. The molecule has 0 spiro atoms. The Labute approximate surface area is 95.1 Å². The van der Waals surface area contributed by atoms with Gasteiger partial charge in [-0.1, -0.05) is 37.6 Å². The topological polar surface area (TPSA) is 48.9 Å². The van der Waals surface area contributed by atoms with Gasteiger partial charge in [0.15, 0.2) is 0 Å². The van der Waals surface area contributed by atoms with E-state index in [4.69, 9.17) is 0 Å². The van der Waals surface area contributed by atoms with Gasteiger partial charge in [-0.05, 0) is 23.6 Å². The maximum absolute atomic E-state index is 10.0. The van der Waals surface area contributed by atoms with E-state index in [1.165, 1.54) is 5.56 Å². The third-order valence-corrected chi connectivity index (χ3v) is 2.65. The summed E-state index contributed by atoms with van der Waals surface area (Å²) in [4.78, 5) is 0. The van der Waals surface area contributed by atoms with Gasteiger partial charge in [-0.2, -0.15) is 5.10 Å². The van der Waals surface area contributed by atoms with Crippen LogP contribution in [0.25, 0.3) is 0 Å². The molecule has 1 atom stereocenters. The molecule has 1 unspecified atom stereocenters. The van der Waals surface area contributed by atoms with Gasteiger partial charge in [0.25, 0.3) is 0 Å². The van der Waals surface area contributed by atoms with E-state index in [9.17, 15) is 5.11 Å². The van der Waals surface area contributed by atoms with Gasteiger partial charge in [-0.3, -0.25) is 5.10 Å². The minimum atomic E-state index is -0.613.